The van der Waals surface area contributed by atoms with E-state index in [0.29, 0.717) is 17.2 Å². The Kier molecular flexibility index (Phi) is 4.20. The third-order valence-corrected chi connectivity index (χ3v) is 4.53. The molecule has 0 spiro atoms. The maximum atomic E-state index is 13.3. The summed E-state index contributed by atoms with van der Waals surface area (Å²) < 4.78 is 52.7. The number of hydrogen-bond acceptors (Lipinski definition) is 3. The smallest absolute Gasteiger partial charge is 0.263 e. The molecule has 0 bridgehead atoms. The van der Waals surface area contributed by atoms with E-state index in [2.05, 4.69) is 9.71 Å². The lowest BCUT2D eigenvalue weighted by Crippen LogP contribution is -2.17. The van der Waals surface area contributed by atoms with Crippen LogP contribution in [-0.4, -0.2) is 21.2 Å². The average molecular weight is 329 g/mol. The van der Waals surface area contributed by atoms with Gasteiger partial charge in [0.1, 0.15) is 18.6 Å². The van der Waals surface area contributed by atoms with Crippen LogP contribution in [0.15, 0.2) is 29.2 Å². The summed E-state index contributed by atoms with van der Waals surface area (Å²) in [6, 6.07) is 4.35. The molecule has 0 aliphatic carbocycles. The van der Waals surface area contributed by atoms with Crippen molar-refractivity contribution in [1.82, 2.24) is 4.98 Å². The molecule has 0 amide bonds. The molecule has 9 heteroatoms. The van der Waals surface area contributed by atoms with Crippen molar-refractivity contribution in [3.63, 3.8) is 0 Å². The fourth-order valence-electron chi connectivity index (χ4n) is 1.54. The normalized spacial score (nSPS) is 11.4. The first-order valence-corrected chi connectivity index (χ1v) is 7.48. The zero-order chi connectivity index (χ0) is 15.8. The maximum Gasteiger partial charge on any atom is 0.264 e. The van der Waals surface area contributed by atoms with Crippen LogP contribution in [0.2, 0.25) is 5.02 Å². The minimum atomic E-state index is -4.20. The lowest BCUT2D eigenvalue weighted by Gasteiger charge is -2.10. The number of sulfonamides is 1. The highest BCUT2D eigenvalue weighted by atomic mass is 35.5. The molecule has 108 valence electrons. The number of aryl methyl sites for hydroxylation is 1. The fraction of sp³-hybridized carbons (Fsp3) is 0.0833. The van der Waals surface area contributed by atoms with Crippen molar-refractivity contribution in [3.8, 4) is 0 Å². The predicted molar refractivity (Wildman–Crippen MR) is 76.5 cm³/mol. The van der Waals surface area contributed by atoms with Crippen LogP contribution in [0.5, 0.6) is 0 Å². The Morgan fingerprint density at radius 3 is 2.52 bits per heavy atom. The van der Waals surface area contributed by atoms with Crippen molar-refractivity contribution >= 4 is 40.8 Å². The van der Waals surface area contributed by atoms with Crippen LogP contribution in [0.3, 0.4) is 0 Å². The third-order valence-electron chi connectivity index (χ3n) is 2.65. The molecule has 1 aromatic carbocycles. The maximum absolute atomic E-state index is 13.3. The van der Waals surface area contributed by atoms with Crippen LogP contribution in [0.1, 0.15) is 5.69 Å². The summed E-state index contributed by atoms with van der Waals surface area (Å²) in [5.74, 6) is -2.68. The number of halogens is 3. The Bertz CT molecular complexity index is 815. The van der Waals surface area contributed by atoms with E-state index in [1.165, 1.54) is 12.1 Å². The minimum absolute atomic E-state index is 0.0116. The van der Waals surface area contributed by atoms with Crippen molar-refractivity contribution in [3.05, 3.63) is 46.6 Å². The molecule has 0 fully saturated rings. The largest absolute Gasteiger partial charge is 0.264 e. The van der Waals surface area contributed by atoms with Crippen LogP contribution < -0.4 is 10.2 Å². The molecule has 1 heterocycles. The number of nitrogens with zero attached hydrogens (tertiary/aromatic N) is 1. The molecule has 0 unspecified atom stereocenters. The van der Waals surface area contributed by atoms with E-state index < -0.39 is 31.6 Å². The van der Waals surface area contributed by atoms with Gasteiger partial charge in [-0.1, -0.05) is 23.1 Å². The zero-order valence-corrected chi connectivity index (χ0v) is 12.3. The van der Waals surface area contributed by atoms with Crippen LogP contribution in [0.25, 0.3) is 0 Å². The van der Waals surface area contributed by atoms with E-state index in [1.54, 1.807) is 6.92 Å². The number of anilines is 1. The molecular weight excluding hydrogens is 320 g/mol. The SMILES string of the molecule is [B]c1ccc(NS(=O)(=O)c2ccc(F)c(F)c2Cl)nc1C. The van der Waals surface area contributed by atoms with E-state index in [9.17, 15) is 17.2 Å². The van der Waals surface area contributed by atoms with Crippen molar-refractivity contribution in [2.45, 2.75) is 11.8 Å². The standard InChI is InChI=1S/C12H8BClF2N2O2S/c1-6-7(13)2-5-10(17-6)18-21(19,20)9-4-3-8(15)12(16)11(9)14/h2-5H,1H3,(H,17,18). The van der Waals surface area contributed by atoms with Gasteiger partial charge in [0.15, 0.2) is 11.6 Å². The van der Waals surface area contributed by atoms with Crippen molar-refractivity contribution in [1.29, 1.82) is 0 Å². The number of nitrogens with one attached hydrogen (secondary N) is 1. The van der Waals surface area contributed by atoms with Crippen LogP contribution in [0.4, 0.5) is 14.6 Å². The van der Waals surface area contributed by atoms with Crippen molar-refractivity contribution in [2.24, 2.45) is 0 Å². The van der Waals surface area contributed by atoms with Gasteiger partial charge in [0.2, 0.25) is 0 Å². The Labute approximate surface area is 126 Å². The number of aromatic nitrogens is 1. The molecule has 2 rings (SSSR count). The first-order chi connectivity index (χ1) is 9.72. The zero-order valence-electron chi connectivity index (χ0n) is 10.7. The summed E-state index contributed by atoms with van der Waals surface area (Å²) in [6.07, 6.45) is 0. The van der Waals surface area contributed by atoms with Crippen molar-refractivity contribution in [2.75, 3.05) is 4.72 Å². The lowest BCUT2D eigenvalue weighted by molar-refractivity contribution is 0.505. The predicted octanol–water partition coefficient (Wildman–Crippen LogP) is 1.92. The topological polar surface area (TPSA) is 59.1 Å². The summed E-state index contributed by atoms with van der Waals surface area (Å²) in [5.41, 5.74) is 0.815. The molecule has 0 aliphatic heterocycles. The second-order valence-corrected chi connectivity index (χ2v) is 6.18. The van der Waals surface area contributed by atoms with Gasteiger partial charge in [-0.15, -0.1) is 0 Å². The Hall–Kier alpha value is -1.67. The van der Waals surface area contributed by atoms with Gasteiger partial charge in [0.25, 0.3) is 10.0 Å². The Morgan fingerprint density at radius 2 is 1.90 bits per heavy atom. The summed E-state index contributed by atoms with van der Waals surface area (Å²) >= 11 is 5.53. The van der Waals surface area contributed by atoms with E-state index in [0.717, 1.165) is 6.07 Å². The first kappa shape index (κ1) is 15.7. The lowest BCUT2D eigenvalue weighted by atomic mass is 9.95. The van der Waals surface area contributed by atoms with Gasteiger partial charge in [0, 0.05) is 5.69 Å². The van der Waals surface area contributed by atoms with Gasteiger partial charge in [0.05, 0.1) is 5.02 Å². The number of pyridine rings is 1. The van der Waals surface area contributed by atoms with Gasteiger partial charge in [-0.3, -0.25) is 4.72 Å². The second-order valence-electron chi connectivity index (χ2n) is 4.15. The molecular formula is C12H8BClF2N2O2S. The molecule has 4 nitrogen and oxygen atoms in total. The third kappa shape index (κ3) is 3.16. The highest BCUT2D eigenvalue weighted by Gasteiger charge is 2.23. The molecule has 0 aliphatic rings. The van der Waals surface area contributed by atoms with Gasteiger partial charge in [-0.25, -0.2) is 22.2 Å². The molecule has 0 saturated carbocycles. The van der Waals surface area contributed by atoms with Gasteiger partial charge < -0.3 is 0 Å². The van der Waals surface area contributed by atoms with Gasteiger partial charge in [-0.2, -0.15) is 0 Å². The fourth-order valence-corrected chi connectivity index (χ4v) is 3.07. The Balaban J connectivity index is 2.43. The minimum Gasteiger partial charge on any atom is -0.263 e. The van der Waals surface area contributed by atoms with Gasteiger partial charge in [-0.05, 0) is 25.1 Å². The summed E-state index contributed by atoms with van der Waals surface area (Å²) in [6.45, 7) is 1.59. The number of benzene rings is 1. The molecule has 1 N–H and O–H groups in total. The van der Waals surface area contributed by atoms with Crippen LogP contribution in [-0.2, 0) is 10.0 Å². The van der Waals surface area contributed by atoms with Crippen LogP contribution >= 0.6 is 11.6 Å². The Morgan fingerprint density at radius 1 is 1.24 bits per heavy atom. The van der Waals surface area contributed by atoms with Crippen LogP contribution in [0, 0.1) is 18.6 Å². The van der Waals surface area contributed by atoms with E-state index in [-0.39, 0.29) is 5.82 Å². The highest BCUT2D eigenvalue weighted by Crippen LogP contribution is 2.27. The molecule has 2 aromatic rings. The molecule has 2 radical (unpaired) electrons. The number of rotatable bonds is 3. The number of hydrogen-bond donors (Lipinski definition) is 1. The summed E-state index contributed by atoms with van der Waals surface area (Å²) in [7, 11) is 1.37. The summed E-state index contributed by atoms with van der Waals surface area (Å²) in [5, 5.41) is -0.824. The molecule has 0 saturated heterocycles. The summed E-state index contributed by atoms with van der Waals surface area (Å²) in [4.78, 5) is 3.34. The monoisotopic (exact) mass is 328 g/mol. The van der Waals surface area contributed by atoms with E-state index in [1.807, 2.05) is 0 Å². The quantitative estimate of drug-likeness (QED) is 0.692. The highest BCUT2D eigenvalue weighted by molar-refractivity contribution is 7.92. The molecule has 0 atom stereocenters. The first-order valence-electron chi connectivity index (χ1n) is 5.62. The second kappa shape index (κ2) is 5.61. The average Bonchev–Trinajstić information content (AvgIpc) is 2.39. The molecule has 21 heavy (non-hydrogen) atoms. The van der Waals surface area contributed by atoms with E-state index >= 15 is 0 Å². The van der Waals surface area contributed by atoms with E-state index in [4.69, 9.17) is 19.4 Å². The molecule has 1 aromatic heterocycles. The van der Waals surface area contributed by atoms with Gasteiger partial charge >= 0.3 is 0 Å². The van der Waals surface area contributed by atoms with Crippen molar-refractivity contribution < 1.29 is 17.2 Å².